The summed E-state index contributed by atoms with van der Waals surface area (Å²) in [6.45, 7) is 4.20. The first-order chi connectivity index (χ1) is 13.3. The molecular weight excluding hydrogens is 382 g/mol. The van der Waals surface area contributed by atoms with E-state index in [9.17, 15) is 13.2 Å². The Hall–Kier alpha value is -2.07. The van der Waals surface area contributed by atoms with E-state index in [0.29, 0.717) is 31.6 Å². The monoisotopic (exact) mass is 407 g/mol. The number of piperidine rings is 1. The van der Waals surface area contributed by atoms with Gasteiger partial charge in [0.1, 0.15) is 5.71 Å². The second-order valence-corrected chi connectivity index (χ2v) is 10.3. The number of hydrogen-bond acceptors (Lipinski definition) is 8. The number of hydrogen-bond donors (Lipinski definition) is 1. The molecule has 3 aliphatic rings. The lowest BCUT2D eigenvalue weighted by molar-refractivity contribution is -0.115. The molecule has 0 aromatic carbocycles. The third-order valence-electron chi connectivity index (χ3n) is 5.48. The minimum atomic E-state index is -3.04. The number of likely N-dealkylation sites (tertiary alicyclic amines) is 1. The highest BCUT2D eigenvalue weighted by Crippen LogP contribution is 2.34. The van der Waals surface area contributed by atoms with Crippen LogP contribution in [0.5, 0.6) is 0 Å². The Labute approximate surface area is 164 Å². The summed E-state index contributed by atoms with van der Waals surface area (Å²) in [6.07, 6.45) is 6.18. The van der Waals surface area contributed by atoms with Gasteiger partial charge in [-0.1, -0.05) is 5.16 Å². The van der Waals surface area contributed by atoms with Gasteiger partial charge in [-0.2, -0.15) is 0 Å². The van der Waals surface area contributed by atoms with E-state index in [2.05, 4.69) is 25.3 Å². The van der Waals surface area contributed by atoms with Gasteiger partial charge in [0.05, 0.1) is 22.9 Å². The molecule has 0 bridgehead atoms. The van der Waals surface area contributed by atoms with Crippen molar-refractivity contribution in [3.63, 3.8) is 0 Å². The highest BCUT2D eigenvalue weighted by atomic mass is 32.2. The Balaban J connectivity index is 1.34. The van der Waals surface area contributed by atoms with Crippen molar-refractivity contribution in [2.75, 3.05) is 24.6 Å². The highest BCUT2D eigenvalue weighted by molar-refractivity contribution is 7.91. The average molecular weight is 407 g/mol. The number of aromatic nitrogens is 2. The van der Waals surface area contributed by atoms with Crippen LogP contribution >= 0.6 is 0 Å². The van der Waals surface area contributed by atoms with Gasteiger partial charge in [-0.05, 0) is 32.7 Å². The second-order valence-electron chi connectivity index (χ2n) is 8.03. The number of nitrogens with one attached hydrogen (secondary N) is 1. The molecule has 10 heteroatoms. The molecular formula is C18H25N5O4S. The van der Waals surface area contributed by atoms with Gasteiger partial charge in [0.15, 0.2) is 15.4 Å². The van der Waals surface area contributed by atoms with Crippen LogP contribution in [-0.4, -0.2) is 71.1 Å². The molecule has 1 aromatic rings. The molecule has 152 valence electrons. The zero-order valence-corrected chi connectivity index (χ0v) is 16.7. The summed E-state index contributed by atoms with van der Waals surface area (Å²) >= 11 is 0. The number of carbonyl (C=O) groups excluding carboxylic acids is 1. The summed E-state index contributed by atoms with van der Waals surface area (Å²) in [4.78, 5) is 29.2. The standard InChI is InChI=1S/C18H25N5O4S/c1-13-8-19-9-15(20-13)10-23-5-2-4-18(12-23)7-16(22-27-18)17(24)21-14-3-6-28(25,26)11-14/h8-9,14H,2-7,10-12H2,1H3,(H,21,24)/t14-,18+/m0/s1. The minimum absolute atomic E-state index is 0.00330. The molecule has 2 fully saturated rings. The third-order valence-corrected chi connectivity index (χ3v) is 7.25. The van der Waals surface area contributed by atoms with Crippen molar-refractivity contribution in [2.45, 2.75) is 50.8 Å². The maximum atomic E-state index is 12.5. The van der Waals surface area contributed by atoms with Gasteiger partial charge in [-0.3, -0.25) is 19.7 Å². The fourth-order valence-corrected chi connectivity index (χ4v) is 5.86. The van der Waals surface area contributed by atoms with E-state index in [1.807, 2.05) is 6.92 Å². The Morgan fingerprint density at radius 3 is 3.04 bits per heavy atom. The third kappa shape index (κ3) is 4.33. The van der Waals surface area contributed by atoms with Crippen molar-refractivity contribution in [1.82, 2.24) is 20.2 Å². The Kier molecular flexibility index (Phi) is 5.09. The van der Waals surface area contributed by atoms with Crippen molar-refractivity contribution in [3.8, 4) is 0 Å². The number of nitrogens with zero attached hydrogens (tertiary/aromatic N) is 4. The lowest BCUT2D eigenvalue weighted by Crippen LogP contribution is -2.49. The second kappa shape index (κ2) is 7.40. The molecule has 1 spiro atoms. The van der Waals surface area contributed by atoms with Crippen LogP contribution in [0.25, 0.3) is 0 Å². The normalized spacial score (nSPS) is 29.5. The number of oxime groups is 1. The quantitative estimate of drug-likeness (QED) is 0.758. The number of rotatable bonds is 4. The van der Waals surface area contributed by atoms with Crippen molar-refractivity contribution in [3.05, 3.63) is 23.8 Å². The molecule has 0 aliphatic carbocycles. The Morgan fingerprint density at radius 2 is 2.29 bits per heavy atom. The number of carbonyl (C=O) groups is 1. The van der Waals surface area contributed by atoms with Gasteiger partial charge >= 0.3 is 0 Å². The maximum Gasteiger partial charge on any atom is 0.269 e. The molecule has 28 heavy (non-hydrogen) atoms. The molecule has 3 aliphatic heterocycles. The van der Waals surface area contributed by atoms with E-state index < -0.39 is 15.4 Å². The van der Waals surface area contributed by atoms with Crippen LogP contribution in [0.1, 0.15) is 37.1 Å². The van der Waals surface area contributed by atoms with Crippen molar-refractivity contribution >= 4 is 21.5 Å². The van der Waals surface area contributed by atoms with Crippen LogP contribution in [-0.2, 0) is 26.0 Å². The summed E-state index contributed by atoms with van der Waals surface area (Å²) in [5.74, 6) is -0.189. The predicted octanol–water partition coefficient (Wildman–Crippen LogP) is 0.199. The van der Waals surface area contributed by atoms with Crippen LogP contribution in [0, 0.1) is 6.92 Å². The van der Waals surface area contributed by atoms with Crippen LogP contribution in [0.4, 0.5) is 0 Å². The first-order valence-corrected chi connectivity index (χ1v) is 11.4. The van der Waals surface area contributed by atoms with E-state index in [1.165, 1.54) is 0 Å². The van der Waals surface area contributed by atoms with Crippen LogP contribution < -0.4 is 5.32 Å². The van der Waals surface area contributed by atoms with Crippen LogP contribution in [0.3, 0.4) is 0 Å². The first kappa shape index (κ1) is 19.3. The maximum absolute atomic E-state index is 12.5. The summed E-state index contributed by atoms with van der Waals surface area (Å²) in [7, 11) is -3.04. The van der Waals surface area contributed by atoms with Gasteiger partial charge < -0.3 is 10.2 Å². The van der Waals surface area contributed by atoms with E-state index >= 15 is 0 Å². The molecule has 4 heterocycles. The molecule has 0 saturated carbocycles. The molecule has 0 unspecified atom stereocenters. The summed E-state index contributed by atoms with van der Waals surface area (Å²) in [5.41, 5.74) is 1.65. The first-order valence-electron chi connectivity index (χ1n) is 9.59. The zero-order chi connectivity index (χ0) is 19.8. The van der Waals surface area contributed by atoms with E-state index in [4.69, 9.17) is 4.84 Å². The van der Waals surface area contributed by atoms with E-state index in [0.717, 1.165) is 30.8 Å². The largest absolute Gasteiger partial charge is 0.387 e. The van der Waals surface area contributed by atoms with Gasteiger partial charge in [0.25, 0.3) is 5.91 Å². The summed E-state index contributed by atoms with van der Waals surface area (Å²) in [6, 6.07) is -0.334. The topological polar surface area (TPSA) is 114 Å². The smallest absolute Gasteiger partial charge is 0.269 e. The zero-order valence-electron chi connectivity index (χ0n) is 15.9. The fraction of sp³-hybridized carbons (Fsp3) is 0.667. The molecule has 2 saturated heterocycles. The van der Waals surface area contributed by atoms with Crippen LogP contribution in [0.15, 0.2) is 17.5 Å². The van der Waals surface area contributed by atoms with E-state index in [-0.39, 0.29) is 23.5 Å². The van der Waals surface area contributed by atoms with Crippen LogP contribution in [0.2, 0.25) is 0 Å². The number of sulfone groups is 1. The molecule has 2 atom stereocenters. The molecule has 0 radical (unpaired) electrons. The fourth-order valence-electron chi connectivity index (χ4n) is 4.19. The molecule has 1 amide bonds. The molecule has 9 nitrogen and oxygen atoms in total. The highest BCUT2D eigenvalue weighted by Gasteiger charge is 2.45. The Morgan fingerprint density at radius 1 is 1.43 bits per heavy atom. The lowest BCUT2D eigenvalue weighted by Gasteiger charge is -2.38. The Bertz CT molecular complexity index is 903. The number of amides is 1. The molecule has 1 aromatic heterocycles. The SMILES string of the molecule is Cc1cncc(CN2CCC[C@@]3(CC(C(=O)N[C@H]4CCS(=O)(=O)C4)=NO3)C2)n1. The van der Waals surface area contributed by atoms with Gasteiger partial charge in [-0.15, -0.1) is 0 Å². The lowest BCUT2D eigenvalue weighted by atomic mass is 9.88. The van der Waals surface area contributed by atoms with Crippen molar-refractivity contribution in [1.29, 1.82) is 0 Å². The summed E-state index contributed by atoms with van der Waals surface area (Å²) < 4.78 is 23.1. The van der Waals surface area contributed by atoms with Crippen molar-refractivity contribution < 1.29 is 18.0 Å². The molecule has 1 N–H and O–H groups in total. The van der Waals surface area contributed by atoms with E-state index in [1.54, 1.807) is 12.4 Å². The minimum Gasteiger partial charge on any atom is -0.387 e. The van der Waals surface area contributed by atoms with Gasteiger partial charge in [0, 0.05) is 37.9 Å². The summed E-state index contributed by atoms with van der Waals surface area (Å²) in [5, 5.41) is 6.84. The average Bonchev–Trinajstić information content (AvgIpc) is 3.18. The molecule has 4 rings (SSSR count). The van der Waals surface area contributed by atoms with Crippen molar-refractivity contribution in [2.24, 2.45) is 5.16 Å². The van der Waals surface area contributed by atoms with Gasteiger partial charge in [-0.25, -0.2) is 8.42 Å². The predicted molar refractivity (Wildman–Crippen MR) is 102 cm³/mol. The van der Waals surface area contributed by atoms with Gasteiger partial charge in [0.2, 0.25) is 0 Å². The number of aryl methyl sites for hydroxylation is 1.